The largest absolute Gasteiger partial charge is 0.493 e. The summed E-state index contributed by atoms with van der Waals surface area (Å²) >= 11 is 5.71. The number of nitrogens with one attached hydrogen (secondary N) is 2. The van der Waals surface area contributed by atoms with Gasteiger partial charge in [0.1, 0.15) is 11.6 Å². The molecule has 2 aromatic carbocycles. The minimum absolute atomic E-state index is 0.0238. The van der Waals surface area contributed by atoms with E-state index in [0.29, 0.717) is 18.3 Å². The van der Waals surface area contributed by atoms with Crippen molar-refractivity contribution in [3.05, 3.63) is 65.1 Å². The van der Waals surface area contributed by atoms with Crippen LogP contribution < -0.4 is 15.4 Å². The fraction of sp³-hybridized carbons (Fsp3) is 0.304. The number of halogens is 2. The number of benzene rings is 2. The lowest BCUT2D eigenvalue weighted by molar-refractivity contribution is 0.102. The van der Waals surface area contributed by atoms with Crippen molar-refractivity contribution in [3.63, 3.8) is 0 Å². The molecule has 0 saturated carbocycles. The molecule has 4 rings (SSSR count). The van der Waals surface area contributed by atoms with Gasteiger partial charge in [-0.3, -0.25) is 9.48 Å². The molecule has 6 nitrogen and oxygen atoms in total. The molecule has 1 saturated heterocycles. The van der Waals surface area contributed by atoms with Gasteiger partial charge in [-0.25, -0.2) is 4.39 Å². The lowest BCUT2D eigenvalue weighted by Crippen LogP contribution is -2.23. The highest BCUT2D eigenvalue weighted by atomic mass is 35.5. The van der Waals surface area contributed by atoms with Crippen molar-refractivity contribution in [2.24, 2.45) is 7.05 Å². The summed E-state index contributed by atoms with van der Waals surface area (Å²) in [6.07, 6.45) is 5.03. The Labute approximate surface area is 185 Å². The second kappa shape index (κ2) is 9.49. The van der Waals surface area contributed by atoms with Crippen LogP contribution in [-0.4, -0.2) is 34.9 Å². The van der Waals surface area contributed by atoms with E-state index in [1.165, 1.54) is 25.0 Å². The summed E-state index contributed by atoms with van der Waals surface area (Å²) in [5.74, 6) is -0.338. The number of rotatable bonds is 7. The maximum absolute atomic E-state index is 13.7. The van der Waals surface area contributed by atoms with Crippen molar-refractivity contribution in [1.29, 1.82) is 0 Å². The van der Waals surface area contributed by atoms with Gasteiger partial charge in [-0.1, -0.05) is 11.6 Å². The van der Waals surface area contributed by atoms with E-state index >= 15 is 0 Å². The molecule has 1 atom stereocenters. The lowest BCUT2D eigenvalue weighted by Gasteiger charge is -2.16. The number of ether oxygens (including phenoxy) is 1. The summed E-state index contributed by atoms with van der Waals surface area (Å²) in [5.41, 5.74) is 2.44. The normalized spacial score (nSPS) is 15.8. The van der Waals surface area contributed by atoms with Crippen molar-refractivity contribution < 1.29 is 13.9 Å². The molecule has 0 bridgehead atoms. The van der Waals surface area contributed by atoms with Crippen LogP contribution in [0.5, 0.6) is 5.75 Å². The van der Waals surface area contributed by atoms with Crippen LogP contribution in [0.15, 0.2) is 48.7 Å². The van der Waals surface area contributed by atoms with Gasteiger partial charge in [0.15, 0.2) is 0 Å². The molecule has 1 aromatic heterocycles. The maximum Gasteiger partial charge on any atom is 0.255 e. The zero-order valence-electron chi connectivity index (χ0n) is 17.2. The highest BCUT2D eigenvalue weighted by Crippen LogP contribution is 2.33. The SMILES string of the molecule is Cn1nccc1-c1cc(NC(=O)c2ccc(Cl)c(F)c2)ccc1OCCC1CCCN1. The van der Waals surface area contributed by atoms with Crippen LogP contribution in [0.3, 0.4) is 0 Å². The van der Waals surface area contributed by atoms with Gasteiger partial charge in [0, 0.05) is 36.1 Å². The van der Waals surface area contributed by atoms with Gasteiger partial charge in [-0.05, 0) is 68.3 Å². The van der Waals surface area contributed by atoms with Crippen LogP contribution in [0.25, 0.3) is 11.3 Å². The van der Waals surface area contributed by atoms with E-state index in [0.717, 1.165) is 36.0 Å². The Morgan fingerprint density at radius 2 is 2.19 bits per heavy atom. The Bertz CT molecular complexity index is 1080. The topological polar surface area (TPSA) is 68.2 Å². The predicted octanol–water partition coefficient (Wildman–Crippen LogP) is 4.65. The standard InChI is InChI=1S/C23H24ClFN4O2/c1-29-21(8-11-27-29)18-14-17(28-23(30)15-4-6-19(24)20(25)13-15)5-7-22(18)31-12-9-16-3-2-10-26-16/h4-8,11,13-14,16,26H,2-3,9-10,12H2,1H3,(H,28,30). The molecule has 0 spiro atoms. The van der Waals surface area contributed by atoms with Crippen LogP contribution in [-0.2, 0) is 7.05 Å². The van der Waals surface area contributed by atoms with Crippen LogP contribution in [0.2, 0.25) is 5.02 Å². The molecule has 1 amide bonds. The molecule has 3 aromatic rings. The molecule has 31 heavy (non-hydrogen) atoms. The number of hydrogen-bond acceptors (Lipinski definition) is 4. The van der Waals surface area contributed by atoms with Gasteiger partial charge >= 0.3 is 0 Å². The molecular weight excluding hydrogens is 419 g/mol. The molecule has 1 aliphatic heterocycles. The number of anilines is 1. The Hall–Kier alpha value is -2.90. The van der Waals surface area contributed by atoms with Crippen molar-refractivity contribution >= 4 is 23.2 Å². The number of nitrogens with zero attached hydrogens (tertiary/aromatic N) is 2. The fourth-order valence-electron chi connectivity index (χ4n) is 3.73. The molecule has 162 valence electrons. The van der Waals surface area contributed by atoms with Gasteiger partial charge in [0.25, 0.3) is 5.91 Å². The summed E-state index contributed by atoms with van der Waals surface area (Å²) in [5, 5.41) is 10.5. The monoisotopic (exact) mass is 442 g/mol. The summed E-state index contributed by atoms with van der Waals surface area (Å²) in [6.45, 7) is 1.66. The molecule has 1 unspecified atom stereocenters. The van der Waals surface area contributed by atoms with Crippen molar-refractivity contribution in [2.75, 3.05) is 18.5 Å². The second-order valence-electron chi connectivity index (χ2n) is 7.56. The first-order valence-electron chi connectivity index (χ1n) is 10.3. The summed E-state index contributed by atoms with van der Waals surface area (Å²) in [4.78, 5) is 12.6. The minimum atomic E-state index is -0.634. The van der Waals surface area contributed by atoms with E-state index in [4.69, 9.17) is 16.3 Å². The Morgan fingerprint density at radius 1 is 1.32 bits per heavy atom. The van der Waals surface area contributed by atoms with E-state index in [9.17, 15) is 9.18 Å². The van der Waals surface area contributed by atoms with Crippen molar-refractivity contribution in [2.45, 2.75) is 25.3 Å². The average molecular weight is 443 g/mol. The van der Waals surface area contributed by atoms with Crippen LogP contribution in [0.4, 0.5) is 10.1 Å². The zero-order chi connectivity index (χ0) is 21.8. The third-order valence-electron chi connectivity index (χ3n) is 5.40. The van der Waals surface area contributed by atoms with Crippen molar-refractivity contribution in [1.82, 2.24) is 15.1 Å². The summed E-state index contributed by atoms with van der Waals surface area (Å²) in [6, 6.07) is 11.8. The van der Waals surface area contributed by atoms with Gasteiger partial charge < -0.3 is 15.4 Å². The minimum Gasteiger partial charge on any atom is -0.493 e. The van der Waals surface area contributed by atoms with Crippen LogP contribution >= 0.6 is 11.6 Å². The van der Waals surface area contributed by atoms with Crippen LogP contribution in [0.1, 0.15) is 29.6 Å². The first-order chi connectivity index (χ1) is 15.0. The summed E-state index contributed by atoms with van der Waals surface area (Å²) < 4.78 is 21.6. The molecule has 1 aliphatic rings. The third kappa shape index (κ3) is 5.06. The van der Waals surface area contributed by atoms with E-state index < -0.39 is 11.7 Å². The van der Waals surface area contributed by atoms with Gasteiger partial charge in [0.2, 0.25) is 0 Å². The first-order valence-corrected chi connectivity index (χ1v) is 10.6. The fourth-order valence-corrected chi connectivity index (χ4v) is 3.84. The van der Waals surface area contributed by atoms with Crippen molar-refractivity contribution in [3.8, 4) is 17.0 Å². The first kappa shape index (κ1) is 21.3. The number of amides is 1. The number of carbonyl (C=O) groups excluding carboxylic acids is 1. The number of aryl methyl sites for hydroxylation is 1. The highest BCUT2D eigenvalue weighted by molar-refractivity contribution is 6.30. The molecule has 1 fully saturated rings. The van der Waals surface area contributed by atoms with Gasteiger partial charge in [-0.15, -0.1) is 0 Å². The van der Waals surface area contributed by atoms with Crippen LogP contribution in [0, 0.1) is 5.82 Å². The molecule has 0 aliphatic carbocycles. The van der Waals surface area contributed by atoms with E-state index in [2.05, 4.69) is 15.7 Å². The molecule has 2 heterocycles. The number of hydrogen-bond donors (Lipinski definition) is 2. The molecule has 8 heteroatoms. The van der Waals surface area contributed by atoms with E-state index in [-0.39, 0.29) is 10.6 Å². The van der Waals surface area contributed by atoms with E-state index in [1.807, 2.05) is 25.2 Å². The number of carbonyl (C=O) groups is 1. The lowest BCUT2D eigenvalue weighted by atomic mass is 10.1. The molecule has 0 radical (unpaired) electrons. The molecule has 2 N–H and O–H groups in total. The predicted molar refractivity (Wildman–Crippen MR) is 119 cm³/mol. The number of aromatic nitrogens is 2. The Morgan fingerprint density at radius 3 is 2.90 bits per heavy atom. The molecular formula is C23H24ClFN4O2. The Kier molecular flexibility index (Phi) is 6.53. The van der Waals surface area contributed by atoms with E-state index in [1.54, 1.807) is 16.9 Å². The average Bonchev–Trinajstić information content (AvgIpc) is 3.42. The maximum atomic E-state index is 13.7. The quantitative estimate of drug-likeness (QED) is 0.558. The second-order valence-corrected chi connectivity index (χ2v) is 7.97. The van der Waals surface area contributed by atoms with Gasteiger partial charge in [-0.2, -0.15) is 5.10 Å². The summed E-state index contributed by atoms with van der Waals surface area (Å²) in [7, 11) is 1.85. The highest BCUT2D eigenvalue weighted by Gasteiger charge is 2.16. The zero-order valence-corrected chi connectivity index (χ0v) is 18.0. The smallest absolute Gasteiger partial charge is 0.255 e. The van der Waals surface area contributed by atoms with Gasteiger partial charge in [0.05, 0.1) is 17.3 Å². The third-order valence-corrected chi connectivity index (χ3v) is 5.71. The Balaban J connectivity index is 1.54.